The van der Waals surface area contributed by atoms with Gasteiger partial charge in [0.25, 0.3) is 5.91 Å². The summed E-state index contributed by atoms with van der Waals surface area (Å²) < 4.78 is 46.7. The SMILES string of the molecule is O=C1Nc2cc(OSCc3c(Cl)cccc3Cl)ccc2S/C1=C\c1c(F)cc(F)cc1F. The standard InChI is InChI=1S/C22H12Cl2F3NO2S2/c23-15-2-1-3-16(24)14(15)10-31-30-12-4-5-20-19(8-12)28-22(29)21(32-20)9-13-17(26)6-11(25)7-18(13)27/h1-9H,10H2,(H,28,29)/b21-9-. The molecule has 3 nitrogen and oxygen atoms in total. The summed E-state index contributed by atoms with van der Waals surface area (Å²) in [5.41, 5.74) is 0.755. The van der Waals surface area contributed by atoms with Gasteiger partial charge in [0.2, 0.25) is 0 Å². The van der Waals surface area contributed by atoms with Crippen LogP contribution in [0.1, 0.15) is 11.1 Å². The number of hydrogen-bond donors (Lipinski definition) is 1. The lowest BCUT2D eigenvalue weighted by Gasteiger charge is -2.19. The number of halogens is 5. The minimum Gasteiger partial charge on any atom is -0.425 e. The van der Waals surface area contributed by atoms with Crippen LogP contribution in [-0.4, -0.2) is 5.91 Å². The van der Waals surface area contributed by atoms with Crippen LogP contribution in [0.3, 0.4) is 0 Å². The first kappa shape index (κ1) is 22.9. The second kappa shape index (κ2) is 9.70. The first-order chi connectivity index (χ1) is 15.3. The van der Waals surface area contributed by atoms with Crippen LogP contribution in [0.5, 0.6) is 5.75 Å². The molecule has 0 fully saturated rings. The third-order valence-electron chi connectivity index (χ3n) is 4.38. The van der Waals surface area contributed by atoms with Gasteiger partial charge in [-0.2, -0.15) is 0 Å². The van der Waals surface area contributed by atoms with E-state index >= 15 is 0 Å². The minimum absolute atomic E-state index is 0.0679. The molecule has 0 radical (unpaired) electrons. The maximum atomic E-state index is 13.9. The van der Waals surface area contributed by atoms with Gasteiger partial charge in [-0.25, -0.2) is 13.2 Å². The van der Waals surface area contributed by atoms with Crippen molar-refractivity contribution in [1.29, 1.82) is 0 Å². The first-order valence-corrected chi connectivity index (χ1v) is 11.5. The van der Waals surface area contributed by atoms with Gasteiger partial charge in [-0.05, 0) is 30.3 Å². The predicted octanol–water partition coefficient (Wildman–Crippen LogP) is 7.72. The van der Waals surface area contributed by atoms with Gasteiger partial charge in [0.05, 0.1) is 28.4 Å². The van der Waals surface area contributed by atoms with Crippen LogP contribution < -0.4 is 9.50 Å². The highest BCUT2D eigenvalue weighted by Crippen LogP contribution is 2.41. The molecular weight excluding hydrogens is 502 g/mol. The Kier molecular flexibility index (Phi) is 6.95. The van der Waals surface area contributed by atoms with Gasteiger partial charge in [0.15, 0.2) is 0 Å². The molecule has 0 saturated carbocycles. The van der Waals surface area contributed by atoms with E-state index in [0.717, 1.165) is 35.4 Å². The Morgan fingerprint density at radius 3 is 2.41 bits per heavy atom. The van der Waals surface area contributed by atoms with Crippen LogP contribution >= 0.6 is 47.0 Å². The Morgan fingerprint density at radius 2 is 1.72 bits per heavy atom. The van der Waals surface area contributed by atoms with E-state index < -0.39 is 28.9 Å². The average molecular weight is 514 g/mol. The molecule has 164 valence electrons. The molecule has 0 atom stereocenters. The van der Waals surface area contributed by atoms with Gasteiger partial charge in [0, 0.05) is 44.3 Å². The largest absolute Gasteiger partial charge is 0.425 e. The molecule has 0 aromatic heterocycles. The summed E-state index contributed by atoms with van der Waals surface area (Å²) in [5, 5.41) is 3.74. The van der Waals surface area contributed by atoms with Crippen molar-refractivity contribution < 1.29 is 22.1 Å². The number of carbonyl (C=O) groups excluding carboxylic acids is 1. The first-order valence-electron chi connectivity index (χ1n) is 9.03. The molecule has 1 heterocycles. The van der Waals surface area contributed by atoms with Crippen molar-refractivity contribution in [3.8, 4) is 5.75 Å². The fourth-order valence-electron chi connectivity index (χ4n) is 2.84. The number of thioether (sulfide) groups is 1. The molecule has 1 aliphatic heterocycles. The van der Waals surface area contributed by atoms with E-state index in [1.165, 1.54) is 0 Å². The molecule has 1 N–H and O–H groups in total. The molecule has 1 aliphatic rings. The van der Waals surface area contributed by atoms with E-state index in [4.69, 9.17) is 27.4 Å². The lowest BCUT2D eigenvalue weighted by molar-refractivity contribution is -0.112. The summed E-state index contributed by atoms with van der Waals surface area (Å²) >= 11 is 14.5. The number of hydrogen-bond acceptors (Lipinski definition) is 4. The number of fused-ring (bicyclic) bond motifs is 1. The second-order valence-corrected chi connectivity index (χ2v) is 9.14. The van der Waals surface area contributed by atoms with Crippen molar-refractivity contribution in [3.05, 3.63) is 92.1 Å². The molecular formula is C22H12Cl2F3NO2S2. The summed E-state index contributed by atoms with van der Waals surface area (Å²) in [7, 11) is 0. The van der Waals surface area contributed by atoms with E-state index in [1.807, 2.05) is 0 Å². The Morgan fingerprint density at radius 1 is 1.03 bits per heavy atom. The summed E-state index contributed by atoms with van der Waals surface area (Å²) in [5.74, 6) is -2.85. The predicted molar refractivity (Wildman–Crippen MR) is 124 cm³/mol. The quantitative estimate of drug-likeness (QED) is 0.280. The lowest BCUT2D eigenvalue weighted by atomic mass is 10.1. The van der Waals surface area contributed by atoms with Crippen LogP contribution in [-0.2, 0) is 10.5 Å². The van der Waals surface area contributed by atoms with Crippen LogP contribution in [0, 0.1) is 17.5 Å². The molecule has 4 rings (SSSR count). The maximum absolute atomic E-state index is 13.9. The number of nitrogens with one attached hydrogen (secondary N) is 1. The molecule has 32 heavy (non-hydrogen) atoms. The van der Waals surface area contributed by atoms with E-state index in [-0.39, 0.29) is 4.91 Å². The highest BCUT2D eigenvalue weighted by molar-refractivity contribution is 8.04. The smallest absolute Gasteiger partial charge is 0.262 e. The molecule has 0 spiro atoms. The number of rotatable bonds is 5. The average Bonchev–Trinajstić information content (AvgIpc) is 2.73. The topological polar surface area (TPSA) is 38.3 Å². The zero-order valence-electron chi connectivity index (χ0n) is 15.9. The fourth-order valence-corrected chi connectivity index (χ4v) is 5.17. The fraction of sp³-hybridized carbons (Fsp3) is 0.0455. The molecule has 3 aromatic rings. The summed E-state index contributed by atoms with van der Waals surface area (Å²) in [4.78, 5) is 13.2. The van der Waals surface area contributed by atoms with Crippen LogP contribution in [0.4, 0.5) is 18.9 Å². The third kappa shape index (κ3) is 5.04. The normalized spacial score (nSPS) is 14.3. The zero-order valence-corrected chi connectivity index (χ0v) is 19.1. The summed E-state index contributed by atoms with van der Waals surface area (Å²) in [6.45, 7) is 0. The van der Waals surface area contributed by atoms with Gasteiger partial charge in [-0.15, -0.1) is 0 Å². The highest BCUT2D eigenvalue weighted by Gasteiger charge is 2.23. The van der Waals surface area contributed by atoms with Crippen molar-refractivity contribution >= 4 is 64.7 Å². The summed E-state index contributed by atoms with van der Waals surface area (Å²) in [6, 6.07) is 11.4. The number of anilines is 1. The Labute approximate surface area is 200 Å². The molecule has 0 unspecified atom stereocenters. The third-order valence-corrected chi connectivity index (χ3v) is 6.91. The van der Waals surface area contributed by atoms with E-state index in [0.29, 0.717) is 44.3 Å². The lowest BCUT2D eigenvalue weighted by Crippen LogP contribution is -2.17. The maximum Gasteiger partial charge on any atom is 0.262 e. The second-order valence-electron chi connectivity index (χ2n) is 6.55. The highest BCUT2D eigenvalue weighted by atomic mass is 35.5. The Balaban J connectivity index is 1.48. The van der Waals surface area contributed by atoms with E-state index in [2.05, 4.69) is 5.32 Å². The van der Waals surface area contributed by atoms with Gasteiger partial charge in [0.1, 0.15) is 23.2 Å². The van der Waals surface area contributed by atoms with Crippen molar-refractivity contribution in [1.82, 2.24) is 0 Å². The van der Waals surface area contributed by atoms with Crippen LogP contribution in [0.2, 0.25) is 10.0 Å². The Bertz CT molecular complexity index is 1210. The molecule has 3 aromatic carbocycles. The van der Waals surface area contributed by atoms with E-state index in [1.54, 1.807) is 36.4 Å². The monoisotopic (exact) mass is 513 g/mol. The van der Waals surface area contributed by atoms with Crippen molar-refractivity contribution in [2.24, 2.45) is 0 Å². The number of amides is 1. The van der Waals surface area contributed by atoms with Crippen molar-refractivity contribution in [2.75, 3.05) is 5.32 Å². The Hall–Kier alpha value is -2.26. The van der Waals surface area contributed by atoms with Crippen LogP contribution in [0.25, 0.3) is 6.08 Å². The van der Waals surface area contributed by atoms with Crippen molar-refractivity contribution in [2.45, 2.75) is 10.6 Å². The van der Waals surface area contributed by atoms with Gasteiger partial charge in [-0.1, -0.05) is 41.0 Å². The van der Waals surface area contributed by atoms with E-state index in [9.17, 15) is 18.0 Å². The molecule has 10 heteroatoms. The minimum atomic E-state index is -1.09. The number of benzene rings is 3. The molecule has 0 bridgehead atoms. The molecule has 0 saturated heterocycles. The summed E-state index contributed by atoms with van der Waals surface area (Å²) in [6.07, 6.45) is 1.06. The van der Waals surface area contributed by atoms with Crippen LogP contribution in [0.15, 0.2) is 58.3 Å². The van der Waals surface area contributed by atoms with Gasteiger partial charge >= 0.3 is 0 Å². The number of carbonyl (C=O) groups is 1. The molecule has 1 amide bonds. The zero-order chi connectivity index (χ0) is 22.8. The van der Waals surface area contributed by atoms with Gasteiger partial charge < -0.3 is 9.50 Å². The molecule has 0 aliphatic carbocycles. The van der Waals surface area contributed by atoms with Crippen molar-refractivity contribution in [3.63, 3.8) is 0 Å². The van der Waals surface area contributed by atoms with Gasteiger partial charge in [-0.3, -0.25) is 4.79 Å².